The minimum Gasteiger partial charge on any atom is -0.328 e. The third-order valence-corrected chi connectivity index (χ3v) is 2.53. The average Bonchev–Trinajstić information content (AvgIpc) is 2.03. The molecule has 2 heteroatoms. The number of rotatable bonds is 5. The van der Waals surface area contributed by atoms with Gasteiger partial charge in [0.25, 0.3) is 0 Å². The largest absolute Gasteiger partial charge is 0.328 e. The van der Waals surface area contributed by atoms with Gasteiger partial charge in [-0.25, -0.2) is 4.39 Å². The van der Waals surface area contributed by atoms with Gasteiger partial charge in [-0.05, 0) is 18.8 Å². The highest BCUT2D eigenvalue weighted by Crippen LogP contribution is 2.28. The van der Waals surface area contributed by atoms with Gasteiger partial charge in [-0.15, -0.1) is 0 Å². The molecule has 2 atom stereocenters. The lowest BCUT2D eigenvalue weighted by molar-refractivity contribution is 0.0891. The summed E-state index contributed by atoms with van der Waals surface area (Å²) in [5, 5.41) is 0. The highest BCUT2D eigenvalue weighted by Gasteiger charge is 2.31. The number of hydrogen-bond donors (Lipinski definition) is 1. The van der Waals surface area contributed by atoms with E-state index in [1.807, 2.05) is 13.8 Å². The van der Waals surface area contributed by atoms with Crippen LogP contribution in [0.15, 0.2) is 0 Å². The van der Waals surface area contributed by atoms with Crippen LogP contribution in [0.1, 0.15) is 40.0 Å². The van der Waals surface area contributed by atoms with Gasteiger partial charge < -0.3 is 5.73 Å². The van der Waals surface area contributed by atoms with E-state index < -0.39 is 5.67 Å². The van der Waals surface area contributed by atoms with Crippen molar-refractivity contribution >= 4 is 0 Å². The van der Waals surface area contributed by atoms with E-state index in [1.165, 1.54) is 0 Å². The standard InChI is InChI=1S/C9H20FN/c1-4-6-8(3)9(10,5-2)7-11/h8H,4-7,11H2,1-3H3. The van der Waals surface area contributed by atoms with E-state index in [-0.39, 0.29) is 12.5 Å². The maximum Gasteiger partial charge on any atom is 0.125 e. The molecular formula is C9H20FN. The monoisotopic (exact) mass is 161 g/mol. The Morgan fingerprint density at radius 1 is 1.45 bits per heavy atom. The molecule has 68 valence electrons. The van der Waals surface area contributed by atoms with Gasteiger partial charge in [0.15, 0.2) is 0 Å². The van der Waals surface area contributed by atoms with Crippen LogP contribution in [0.25, 0.3) is 0 Å². The van der Waals surface area contributed by atoms with Crippen molar-refractivity contribution in [1.82, 2.24) is 0 Å². The molecule has 0 heterocycles. The summed E-state index contributed by atoms with van der Waals surface area (Å²) in [4.78, 5) is 0. The lowest BCUT2D eigenvalue weighted by Crippen LogP contribution is -2.38. The molecule has 0 aromatic heterocycles. The molecule has 0 bridgehead atoms. The molecule has 0 radical (unpaired) electrons. The lowest BCUT2D eigenvalue weighted by Gasteiger charge is -2.28. The Morgan fingerprint density at radius 2 is 2.00 bits per heavy atom. The Kier molecular flexibility index (Phi) is 4.66. The summed E-state index contributed by atoms with van der Waals surface area (Å²) in [7, 11) is 0. The van der Waals surface area contributed by atoms with Crippen LogP contribution >= 0.6 is 0 Å². The van der Waals surface area contributed by atoms with E-state index in [2.05, 4.69) is 6.92 Å². The normalized spacial score (nSPS) is 19.4. The van der Waals surface area contributed by atoms with Crippen molar-refractivity contribution in [2.75, 3.05) is 6.54 Å². The summed E-state index contributed by atoms with van der Waals surface area (Å²) in [5.41, 5.74) is 4.24. The first kappa shape index (κ1) is 10.9. The van der Waals surface area contributed by atoms with Gasteiger partial charge in [0.05, 0.1) is 0 Å². The Hall–Kier alpha value is -0.110. The number of hydrogen-bond acceptors (Lipinski definition) is 1. The first-order valence-electron chi connectivity index (χ1n) is 4.49. The molecule has 2 unspecified atom stereocenters. The Balaban J connectivity index is 4.00. The van der Waals surface area contributed by atoms with Crippen molar-refractivity contribution in [3.63, 3.8) is 0 Å². The molecule has 11 heavy (non-hydrogen) atoms. The van der Waals surface area contributed by atoms with E-state index in [0.29, 0.717) is 6.42 Å². The van der Waals surface area contributed by atoms with Crippen LogP contribution < -0.4 is 5.73 Å². The van der Waals surface area contributed by atoms with Crippen molar-refractivity contribution in [2.24, 2.45) is 11.7 Å². The van der Waals surface area contributed by atoms with Crippen LogP contribution in [-0.4, -0.2) is 12.2 Å². The summed E-state index contributed by atoms with van der Waals surface area (Å²) in [6, 6.07) is 0. The highest BCUT2D eigenvalue weighted by molar-refractivity contribution is 4.83. The second-order valence-electron chi connectivity index (χ2n) is 3.28. The van der Waals surface area contributed by atoms with Crippen molar-refractivity contribution in [2.45, 2.75) is 45.7 Å². The van der Waals surface area contributed by atoms with Crippen LogP contribution in [0.4, 0.5) is 4.39 Å². The molecular weight excluding hydrogens is 141 g/mol. The number of alkyl halides is 1. The van der Waals surface area contributed by atoms with Crippen molar-refractivity contribution in [3.05, 3.63) is 0 Å². The van der Waals surface area contributed by atoms with Gasteiger partial charge in [0.1, 0.15) is 5.67 Å². The third-order valence-electron chi connectivity index (χ3n) is 2.53. The third kappa shape index (κ3) is 2.78. The first-order chi connectivity index (χ1) is 5.10. The molecule has 0 aromatic carbocycles. The fourth-order valence-corrected chi connectivity index (χ4v) is 1.39. The Morgan fingerprint density at radius 3 is 2.27 bits per heavy atom. The van der Waals surface area contributed by atoms with E-state index >= 15 is 0 Å². The zero-order chi connectivity index (χ0) is 8.91. The summed E-state index contributed by atoms with van der Waals surface area (Å²) < 4.78 is 13.7. The van der Waals surface area contributed by atoms with Gasteiger partial charge in [-0.1, -0.05) is 27.2 Å². The molecule has 1 nitrogen and oxygen atoms in total. The molecule has 0 aromatic rings. The highest BCUT2D eigenvalue weighted by atomic mass is 19.1. The molecule has 0 fully saturated rings. The van der Waals surface area contributed by atoms with Crippen LogP contribution in [-0.2, 0) is 0 Å². The molecule has 0 saturated heterocycles. The van der Waals surface area contributed by atoms with Crippen LogP contribution in [0.2, 0.25) is 0 Å². The summed E-state index contributed by atoms with van der Waals surface area (Å²) in [5.74, 6) is 0.0995. The minimum absolute atomic E-state index is 0.0995. The predicted molar refractivity (Wildman–Crippen MR) is 47.3 cm³/mol. The maximum absolute atomic E-state index is 13.7. The van der Waals surface area contributed by atoms with Crippen LogP contribution in [0.3, 0.4) is 0 Å². The smallest absolute Gasteiger partial charge is 0.125 e. The van der Waals surface area contributed by atoms with Crippen molar-refractivity contribution < 1.29 is 4.39 Å². The zero-order valence-corrected chi connectivity index (χ0v) is 7.86. The fourth-order valence-electron chi connectivity index (χ4n) is 1.39. The van der Waals surface area contributed by atoms with Gasteiger partial charge in [0.2, 0.25) is 0 Å². The second kappa shape index (κ2) is 4.70. The summed E-state index contributed by atoms with van der Waals surface area (Å²) in [6.07, 6.45) is 2.50. The zero-order valence-electron chi connectivity index (χ0n) is 7.86. The van der Waals surface area contributed by atoms with E-state index in [9.17, 15) is 4.39 Å². The number of halogens is 1. The van der Waals surface area contributed by atoms with E-state index in [0.717, 1.165) is 12.8 Å². The molecule has 0 aliphatic rings. The van der Waals surface area contributed by atoms with Crippen molar-refractivity contribution in [1.29, 1.82) is 0 Å². The summed E-state index contributed by atoms with van der Waals surface area (Å²) >= 11 is 0. The fraction of sp³-hybridized carbons (Fsp3) is 1.00. The van der Waals surface area contributed by atoms with Gasteiger partial charge in [-0.2, -0.15) is 0 Å². The van der Waals surface area contributed by atoms with E-state index in [1.54, 1.807) is 0 Å². The number of nitrogens with two attached hydrogens (primary N) is 1. The molecule has 0 aliphatic heterocycles. The molecule has 0 rings (SSSR count). The maximum atomic E-state index is 13.7. The first-order valence-corrected chi connectivity index (χ1v) is 4.49. The second-order valence-corrected chi connectivity index (χ2v) is 3.28. The average molecular weight is 161 g/mol. The van der Waals surface area contributed by atoms with Gasteiger partial charge in [0, 0.05) is 6.54 Å². The minimum atomic E-state index is -1.13. The molecule has 0 amide bonds. The lowest BCUT2D eigenvalue weighted by atomic mass is 9.85. The van der Waals surface area contributed by atoms with E-state index in [4.69, 9.17) is 5.73 Å². The Labute approximate surface area is 69.2 Å². The molecule has 0 spiro atoms. The predicted octanol–water partition coefficient (Wildman–Crippen LogP) is 2.50. The quantitative estimate of drug-likeness (QED) is 0.658. The summed E-state index contributed by atoms with van der Waals surface area (Å²) in [6.45, 7) is 6.03. The molecule has 0 aliphatic carbocycles. The van der Waals surface area contributed by atoms with Crippen LogP contribution in [0, 0.1) is 5.92 Å². The SMILES string of the molecule is CCCC(C)C(F)(CC)CN. The van der Waals surface area contributed by atoms with Gasteiger partial charge >= 0.3 is 0 Å². The van der Waals surface area contributed by atoms with Gasteiger partial charge in [-0.3, -0.25) is 0 Å². The topological polar surface area (TPSA) is 26.0 Å². The molecule has 2 N–H and O–H groups in total. The van der Waals surface area contributed by atoms with Crippen molar-refractivity contribution in [3.8, 4) is 0 Å². The van der Waals surface area contributed by atoms with Crippen LogP contribution in [0.5, 0.6) is 0 Å². The Bertz CT molecular complexity index is 99.7. The molecule has 0 saturated carbocycles.